The molecule has 2 aromatic rings. The summed E-state index contributed by atoms with van der Waals surface area (Å²) in [5.41, 5.74) is 7.29. The van der Waals surface area contributed by atoms with Gasteiger partial charge >= 0.3 is 0 Å². The van der Waals surface area contributed by atoms with Crippen molar-refractivity contribution < 1.29 is 26.2 Å². The summed E-state index contributed by atoms with van der Waals surface area (Å²) in [6.45, 7) is 2.27. The Bertz CT molecular complexity index is 626. The Labute approximate surface area is 153 Å². The summed E-state index contributed by atoms with van der Waals surface area (Å²) in [6.07, 6.45) is 10.3. The Balaban J connectivity index is 0.00000176. The third-order valence-electron chi connectivity index (χ3n) is 4.40. The van der Waals surface area contributed by atoms with Gasteiger partial charge in [0.25, 0.3) is 0 Å². The molecule has 112 valence electrons. The topological polar surface area (TPSA) is 0 Å². The number of rotatable bonds is 6. The molecule has 0 radical (unpaired) electrons. The first-order valence-corrected chi connectivity index (χ1v) is 8.25. The molecule has 0 aromatic heterocycles. The Morgan fingerprint density at radius 1 is 0.864 bits per heavy atom. The summed E-state index contributed by atoms with van der Waals surface area (Å²) in [5, 5.41) is 0. The van der Waals surface area contributed by atoms with Gasteiger partial charge in [-0.15, -0.1) is 0 Å². The summed E-state index contributed by atoms with van der Waals surface area (Å²) in [6, 6.07) is 17.5. The van der Waals surface area contributed by atoms with Gasteiger partial charge < -0.3 is 0 Å². The second-order valence-electron chi connectivity index (χ2n) is 6.03. The number of benzene rings is 2. The molecule has 2 aromatic carbocycles. The van der Waals surface area contributed by atoms with E-state index in [0.29, 0.717) is 0 Å². The normalized spacial score (nSPS) is 12.5. The zero-order valence-electron chi connectivity index (χ0n) is 13.4. The van der Waals surface area contributed by atoms with Gasteiger partial charge in [-0.3, -0.25) is 0 Å². The Kier molecular flexibility index (Phi) is 6.83. The van der Waals surface area contributed by atoms with Gasteiger partial charge in [-0.1, -0.05) is 86.4 Å². The second kappa shape index (κ2) is 8.63. The van der Waals surface area contributed by atoms with Crippen LogP contribution in [0.2, 0.25) is 0 Å². The van der Waals surface area contributed by atoms with Crippen LogP contribution in [-0.4, -0.2) is 0 Å². The third-order valence-corrected chi connectivity index (χ3v) is 4.40. The molecule has 0 saturated heterocycles. The fourth-order valence-electron chi connectivity index (χ4n) is 3.25. The molecule has 0 saturated carbocycles. The zero-order valence-corrected chi connectivity index (χ0v) is 15.9. The molecular formula is C21H24Zr. The SMILES string of the molecule is CCCCCCC1=Cc2c(cccc2-c2ccccc2)C1.[Zr]. The first-order chi connectivity index (χ1) is 10.4. The number of unbranched alkanes of at least 4 members (excludes halogenated alkanes) is 3. The Morgan fingerprint density at radius 3 is 2.45 bits per heavy atom. The van der Waals surface area contributed by atoms with Crippen molar-refractivity contribution >= 4 is 6.08 Å². The van der Waals surface area contributed by atoms with Gasteiger partial charge in [0.1, 0.15) is 0 Å². The predicted molar refractivity (Wildman–Crippen MR) is 92.3 cm³/mol. The van der Waals surface area contributed by atoms with Gasteiger partial charge in [0.2, 0.25) is 0 Å². The van der Waals surface area contributed by atoms with Gasteiger partial charge in [-0.05, 0) is 41.5 Å². The van der Waals surface area contributed by atoms with E-state index in [1.807, 2.05) is 0 Å². The van der Waals surface area contributed by atoms with Crippen LogP contribution in [0.5, 0.6) is 0 Å². The van der Waals surface area contributed by atoms with E-state index in [2.05, 4.69) is 61.5 Å². The number of hydrogen-bond acceptors (Lipinski definition) is 0. The predicted octanol–water partition coefficient (Wildman–Crippen LogP) is 6.26. The standard InChI is InChI=1S/C21H24.Zr/c1-2-3-4-6-10-17-15-19-13-9-14-20(21(19)16-17)18-11-7-5-8-12-18;/h5,7-9,11-14,16H,2-4,6,10,15H2,1H3;. The molecule has 0 atom stereocenters. The quantitative estimate of drug-likeness (QED) is 0.528. The van der Waals surface area contributed by atoms with E-state index in [1.165, 1.54) is 54.4 Å². The van der Waals surface area contributed by atoms with Crippen LogP contribution >= 0.6 is 0 Å². The fourth-order valence-corrected chi connectivity index (χ4v) is 3.25. The molecule has 0 bridgehead atoms. The molecule has 0 fully saturated rings. The molecular weight excluding hydrogens is 343 g/mol. The molecule has 0 N–H and O–H groups in total. The van der Waals surface area contributed by atoms with Crippen LogP contribution in [0.15, 0.2) is 54.1 Å². The second-order valence-corrected chi connectivity index (χ2v) is 6.03. The minimum absolute atomic E-state index is 0. The molecule has 0 amide bonds. The van der Waals surface area contributed by atoms with Crippen molar-refractivity contribution in [2.75, 3.05) is 0 Å². The van der Waals surface area contributed by atoms with Crippen LogP contribution in [0.25, 0.3) is 17.2 Å². The average Bonchev–Trinajstić information content (AvgIpc) is 2.95. The van der Waals surface area contributed by atoms with Crippen LogP contribution in [0.4, 0.5) is 0 Å². The molecule has 3 rings (SSSR count). The number of allylic oxidation sites excluding steroid dienone is 1. The summed E-state index contributed by atoms with van der Waals surface area (Å²) in [5.74, 6) is 0. The molecule has 0 aliphatic heterocycles. The van der Waals surface area contributed by atoms with Crippen molar-refractivity contribution in [1.29, 1.82) is 0 Å². The molecule has 0 spiro atoms. The van der Waals surface area contributed by atoms with Crippen molar-refractivity contribution in [3.05, 3.63) is 65.2 Å². The molecule has 22 heavy (non-hydrogen) atoms. The van der Waals surface area contributed by atoms with Gasteiger partial charge in [0.15, 0.2) is 0 Å². The summed E-state index contributed by atoms with van der Waals surface area (Å²) in [7, 11) is 0. The van der Waals surface area contributed by atoms with Crippen molar-refractivity contribution in [2.24, 2.45) is 0 Å². The minimum Gasteiger partial charge on any atom is -0.0654 e. The molecule has 1 aliphatic carbocycles. The van der Waals surface area contributed by atoms with E-state index in [9.17, 15) is 0 Å². The van der Waals surface area contributed by atoms with E-state index in [0.717, 1.165) is 6.42 Å². The third kappa shape index (κ3) is 4.08. The van der Waals surface area contributed by atoms with Gasteiger partial charge in [-0.2, -0.15) is 0 Å². The Hall–Kier alpha value is -0.937. The van der Waals surface area contributed by atoms with Gasteiger partial charge in [0.05, 0.1) is 0 Å². The molecule has 1 heteroatoms. The van der Waals surface area contributed by atoms with Crippen molar-refractivity contribution in [1.82, 2.24) is 0 Å². The van der Waals surface area contributed by atoms with Crippen molar-refractivity contribution in [3.63, 3.8) is 0 Å². The van der Waals surface area contributed by atoms with E-state index in [-0.39, 0.29) is 26.2 Å². The summed E-state index contributed by atoms with van der Waals surface area (Å²) in [4.78, 5) is 0. The first-order valence-electron chi connectivity index (χ1n) is 8.25. The maximum atomic E-state index is 2.45. The Morgan fingerprint density at radius 2 is 1.68 bits per heavy atom. The van der Waals surface area contributed by atoms with E-state index in [1.54, 1.807) is 5.57 Å². The van der Waals surface area contributed by atoms with Gasteiger partial charge in [0, 0.05) is 26.2 Å². The van der Waals surface area contributed by atoms with Crippen LogP contribution in [0.3, 0.4) is 0 Å². The van der Waals surface area contributed by atoms with Crippen LogP contribution in [0, 0.1) is 0 Å². The number of hydrogen-bond donors (Lipinski definition) is 0. The van der Waals surface area contributed by atoms with E-state index in [4.69, 9.17) is 0 Å². The zero-order chi connectivity index (χ0) is 14.5. The maximum Gasteiger partial charge on any atom is 0 e. The van der Waals surface area contributed by atoms with E-state index < -0.39 is 0 Å². The van der Waals surface area contributed by atoms with Crippen LogP contribution in [-0.2, 0) is 32.6 Å². The fraction of sp³-hybridized carbons (Fsp3) is 0.333. The van der Waals surface area contributed by atoms with Crippen LogP contribution in [0.1, 0.15) is 50.2 Å². The monoisotopic (exact) mass is 366 g/mol. The molecule has 1 aliphatic rings. The molecule has 0 heterocycles. The first kappa shape index (κ1) is 17.4. The van der Waals surface area contributed by atoms with E-state index >= 15 is 0 Å². The average molecular weight is 368 g/mol. The summed E-state index contributed by atoms with van der Waals surface area (Å²) >= 11 is 0. The number of fused-ring (bicyclic) bond motifs is 1. The van der Waals surface area contributed by atoms with Crippen molar-refractivity contribution in [3.8, 4) is 11.1 Å². The van der Waals surface area contributed by atoms with Crippen LogP contribution < -0.4 is 0 Å². The minimum atomic E-state index is 0. The smallest absolute Gasteiger partial charge is 0 e. The maximum absolute atomic E-state index is 2.45. The molecule has 0 unspecified atom stereocenters. The van der Waals surface area contributed by atoms with Gasteiger partial charge in [-0.25, -0.2) is 0 Å². The largest absolute Gasteiger partial charge is 0.0654 e. The van der Waals surface area contributed by atoms with Crippen molar-refractivity contribution in [2.45, 2.75) is 45.4 Å². The molecule has 0 nitrogen and oxygen atoms in total. The summed E-state index contributed by atoms with van der Waals surface area (Å²) < 4.78 is 0.